The summed E-state index contributed by atoms with van der Waals surface area (Å²) in [6.45, 7) is 2.00. The van der Waals surface area contributed by atoms with Crippen LogP contribution >= 0.6 is 27.5 Å². The van der Waals surface area contributed by atoms with Crippen LogP contribution in [-0.4, -0.2) is 20.2 Å². The molecular formula is C9H8BrClN4. The fraction of sp³-hybridized carbons (Fsp3) is 0.222. The number of halogens is 2. The molecule has 0 spiro atoms. The van der Waals surface area contributed by atoms with Gasteiger partial charge in [0.15, 0.2) is 5.82 Å². The van der Waals surface area contributed by atoms with Crippen LogP contribution in [0.25, 0.3) is 5.69 Å². The Balaban J connectivity index is 2.50. The van der Waals surface area contributed by atoms with Crippen LogP contribution in [0.15, 0.2) is 22.7 Å². The first-order chi connectivity index (χ1) is 7.22. The number of nitrogens with zero attached hydrogens (tertiary/aromatic N) is 4. The predicted octanol–water partition coefficient (Wildman–Crippen LogP) is 2.64. The zero-order valence-corrected chi connectivity index (χ0v) is 10.3. The molecule has 2 rings (SSSR count). The molecule has 0 saturated heterocycles. The molecule has 2 aromatic rings. The second-order valence-electron chi connectivity index (χ2n) is 2.96. The van der Waals surface area contributed by atoms with Crippen LogP contribution in [0, 0.1) is 0 Å². The van der Waals surface area contributed by atoms with Gasteiger partial charge in [-0.05, 0) is 44.6 Å². The number of tetrazole rings is 1. The van der Waals surface area contributed by atoms with E-state index in [1.54, 1.807) is 4.68 Å². The molecule has 15 heavy (non-hydrogen) atoms. The molecule has 6 heteroatoms. The fourth-order valence-corrected chi connectivity index (χ4v) is 1.66. The molecular weight excluding hydrogens is 279 g/mol. The Bertz CT molecular complexity index is 483. The maximum atomic E-state index is 6.00. The first kappa shape index (κ1) is 10.6. The highest BCUT2D eigenvalue weighted by Gasteiger charge is 2.07. The second-order valence-corrected chi connectivity index (χ2v) is 4.22. The lowest BCUT2D eigenvalue weighted by Crippen LogP contribution is -2.01. The van der Waals surface area contributed by atoms with Crippen molar-refractivity contribution in [2.24, 2.45) is 0 Å². The highest BCUT2D eigenvalue weighted by Crippen LogP contribution is 2.24. The summed E-state index contributed by atoms with van der Waals surface area (Å²) in [6, 6.07) is 5.60. The van der Waals surface area contributed by atoms with Crippen molar-refractivity contribution in [1.82, 2.24) is 20.2 Å². The minimum Gasteiger partial charge on any atom is -0.197 e. The van der Waals surface area contributed by atoms with Crippen molar-refractivity contribution in [3.05, 3.63) is 33.5 Å². The zero-order valence-electron chi connectivity index (χ0n) is 7.98. The molecule has 0 atom stereocenters. The summed E-state index contributed by atoms with van der Waals surface area (Å²) in [5, 5.41) is 12.1. The smallest absolute Gasteiger partial charge is 0.156 e. The average Bonchev–Trinajstić information content (AvgIpc) is 2.70. The van der Waals surface area contributed by atoms with E-state index in [1.807, 2.05) is 25.1 Å². The standard InChI is InChI=1S/C9H8BrClN4/c1-2-9-12-13-14-15(9)6-3-4-7(10)8(11)5-6/h3-5H,2H2,1H3. The van der Waals surface area contributed by atoms with E-state index >= 15 is 0 Å². The second kappa shape index (κ2) is 4.28. The fourth-order valence-electron chi connectivity index (χ4n) is 1.24. The van der Waals surface area contributed by atoms with Gasteiger partial charge in [-0.1, -0.05) is 18.5 Å². The van der Waals surface area contributed by atoms with Crippen LogP contribution in [0.1, 0.15) is 12.7 Å². The van der Waals surface area contributed by atoms with E-state index in [1.165, 1.54) is 0 Å². The highest BCUT2D eigenvalue weighted by atomic mass is 79.9. The third-order valence-electron chi connectivity index (χ3n) is 2.00. The van der Waals surface area contributed by atoms with Gasteiger partial charge >= 0.3 is 0 Å². The molecule has 1 heterocycles. The largest absolute Gasteiger partial charge is 0.197 e. The molecule has 0 bridgehead atoms. The van der Waals surface area contributed by atoms with Crippen molar-refractivity contribution in [1.29, 1.82) is 0 Å². The van der Waals surface area contributed by atoms with Crippen molar-refractivity contribution < 1.29 is 0 Å². The van der Waals surface area contributed by atoms with Crippen LogP contribution in [0.4, 0.5) is 0 Å². The topological polar surface area (TPSA) is 43.6 Å². The molecule has 0 unspecified atom stereocenters. The number of benzene rings is 1. The molecule has 78 valence electrons. The summed E-state index contributed by atoms with van der Waals surface area (Å²) in [7, 11) is 0. The molecule has 0 aliphatic carbocycles. The Kier molecular flexibility index (Phi) is 3.02. The maximum Gasteiger partial charge on any atom is 0.156 e. The number of rotatable bonds is 2. The molecule has 0 radical (unpaired) electrons. The van der Waals surface area contributed by atoms with Crippen molar-refractivity contribution in [3.63, 3.8) is 0 Å². The van der Waals surface area contributed by atoms with Crippen molar-refractivity contribution >= 4 is 27.5 Å². The summed E-state index contributed by atoms with van der Waals surface area (Å²) in [5.74, 6) is 0.813. The Hall–Kier alpha value is -0.940. The molecule has 4 nitrogen and oxygen atoms in total. The Morgan fingerprint density at radius 2 is 2.27 bits per heavy atom. The molecule has 0 fully saturated rings. The van der Waals surface area contributed by atoms with Crippen LogP contribution in [0.2, 0.25) is 5.02 Å². The molecule has 1 aromatic heterocycles. The predicted molar refractivity (Wildman–Crippen MR) is 61.2 cm³/mol. The third kappa shape index (κ3) is 2.03. The number of hydrogen-bond acceptors (Lipinski definition) is 3. The normalized spacial score (nSPS) is 10.6. The van der Waals surface area contributed by atoms with Crippen LogP contribution < -0.4 is 0 Å². The van der Waals surface area contributed by atoms with E-state index in [9.17, 15) is 0 Å². The molecule has 0 N–H and O–H groups in total. The van der Waals surface area contributed by atoms with Crippen LogP contribution in [0.3, 0.4) is 0 Å². The summed E-state index contributed by atoms with van der Waals surface area (Å²) in [5.41, 5.74) is 0.866. The van der Waals surface area contributed by atoms with Gasteiger partial charge in [0.25, 0.3) is 0 Å². The number of hydrogen-bond donors (Lipinski definition) is 0. The van der Waals surface area contributed by atoms with Crippen molar-refractivity contribution in [3.8, 4) is 5.69 Å². The van der Waals surface area contributed by atoms with Gasteiger partial charge in [0, 0.05) is 10.9 Å². The molecule has 1 aromatic carbocycles. The van der Waals surface area contributed by atoms with Gasteiger partial charge in [-0.25, -0.2) is 0 Å². The zero-order chi connectivity index (χ0) is 10.8. The van der Waals surface area contributed by atoms with Crippen LogP contribution in [-0.2, 0) is 6.42 Å². The maximum absolute atomic E-state index is 6.00. The highest BCUT2D eigenvalue weighted by molar-refractivity contribution is 9.10. The van der Waals surface area contributed by atoms with Crippen molar-refractivity contribution in [2.75, 3.05) is 0 Å². The van der Waals surface area contributed by atoms with E-state index in [0.717, 1.165) is 22.4 Å². The minimum atomic E-state index is 0.644. The van der Waals surface area contributed by atoms with Gasteiger partial charge in [0.1, 0.15) is 0 Å². The molecule has 0 amide bonds. The van der Waals surface area contributed by atoms with E-state index in [-0.39, 0.29) is 0 Å². The Labute approximate surface area is 100 Å². The van der Waals surface area contributed by atoms with E-state index < -0.39 is 0 Å². The summed E-state index contributed by atoms with van der Waals surface area (Å²) >= 11 is 9.33. The SMILES string of the molecule is CCc1nnnn1-c1ccc(Br)c(Cl)c1. The summed E-state index contributed by atoms with van der Waals surface area (Å²) < 4.78 is 2.54. The Morgan fingerprint density at radius 3 is 2.93 bits per heavy atom. The van der Waals surface area contributed by atoms with Gasteiger partial charge in [-0.2, -0.15) is 4.68 Å². The molecule has 0 saturated carbocycles. The first-order valence-corrected chi connectivity index (χ1v) is 5.62. The number of aryl methyl sites for hydroxylation is 1. The Morgan fingerprint density at radius 1 is 1.47 bits per heavy atom. The third-order valence-corrected chi connectivity index (χ3v) is 3.23. The van der Waals surface area contributed by atoms with Gasteiger partial charge in [-0.15, -0.1) is 5.10 Å². The van der Waals surface area contributed by atoms with Gasteiger partial charge in [0.2, 0.25) is 0 Å². The quantitative estimate of drug-likeness (QED) is 0.853. The molecule has 0 aliphatic rings. The first-order valence-electron chi connectivity index (χ1n) is 4.45. The van der Waals surface area contributed by atoms with Crippen LogP contribution in [0.5, 0.6) is 0 Å². The minimum absolute atomic E-state index is 0.644. The lowest BCUT2D eigenvalue weighted by molar-refractivity contribution is 0.766. The average molecular weight is 288 g/mol. The summed E-state index contributed by atoms with van der Waals surface area (Å²) in [4.78, 5) is 0. The lowest BCUT2D eigenvalue weighted by atomic mass is 10.3. The number of aromatic nitrogens is 4. The van der Waals surface area contributed by atoms with Gasteiger partial charge in [0.05, 0.1) is 10.7 Å². The molecule has 0 aliphatic heterocycles. The van der Waals surface area contributed by atoms with E-state index in [2.05, 4.69) is 31.5 Å². The van der Waals surface area contributed by atoms with Gasteiger partial charge in [-0.3, -0.25) is 0 Å². The van der Waals surface area contributed by atoms with E-state index in [4.69, 9.17) is 11.6 Å². The monoisotopic (exact) mass is 286 g/mol. The van der Waals surface area contributed by atoms with Gasteiger partial charge < -0.3 is 0 Å². The lowest BCUT2D eigenvalue weighted by Gasteiger charge is -2.04. The van der Waals surface area contributed by atoms with E-state index in [0.29, 0.717) is 5.02 Å². The van der Waals surface area contributed by atoms with Crippen molar-refractivity contribution in [2.45, 2.75) is 13.3 Å². The summed E-state index contributed by atoms with van der Waals surface area (Å²) in [6.07, 6.45) is 0.778.